The normalized spacial score (nSPS) is 11.0. The van der Waals surface area contributed by atoms with E-state index in [1.807, 2.05) is 62.5 Å². The van der Waals surface area contributed by atoms with Crippen molar-refractivity contribution in [2.24, 2.45) is 0 Å². The van der Waals surface area contributed by atoms with Crippen molar-refractivity contribution in [3.8, 4) is 5.75 Å². The van der Waals surface area contributed by atoms with E-state index in [4.69, 9.17) is 27.9 Å². The average Bonchev–Trinajstić information content (AvgIpc) is 3.14. The standard InChI is InChI=1S/C22H23Cl2N3O3/c1-3-26(4-2)22(29)30-18-11-10-17-16(19(18)25-21(28)20(23)24)12-13-27(17)14-15-8-6-5-7-9-15/h5-13,20H,3-4,14H2,1-2H3,(H,25,28). The molecule has 0 saturated carbocycles. The third-order valence-corrected chi connectivity index (χ3v) is 5.17. The van der Waals surface area contributed by atoms with E-state index in [1.165, 1.54) is 0 Å². The van der Waals surface area contributed by atoms with Crippen molar-refractivity contribution in [1.29, 1.82) is 0 Å². The van der Waals surface area contributed by atoms with Crippen molar-refractivity contribution in [3.63, 3.8) is 0 Å². The first-order chi connectivity index (χ1) is 14.4. The second-order valence-corrected chi connectivity index (χ2v) is 7.73. The van der Waals surface area contributed by atoms with Crippen molar-refractivity contribution >= 4 is 51.8 Å². The fourth-order valence-corrected chi connectivity index (χ4v) is 3.31. The summed E-state index contributed by atoms with van der Waals surface area (Å²) in [7, 11) is 0. The summed E-state index contributed by atoms with van der Waals surface area (Å²) in [5.41, 5.74) is 2.37. The highest BCUT2D eigenvalue weighted by Gasteiger charge is 2.21. The van der Waals surface area contributed by atoms with Crippen LogP contribution in [-0.2, 0) is 11.3 Å². The van der Waals surface area contributed by atoms with Gasteiger partial charge >= 0.3 is 6.09 Å². The smallest absolute Gasteiger partial charge is 0.408 e. The Hall–Kier alpha value is -2.70. The summed E-state index contributed by atoms with van der Waals surface area (Å²) >= 11 is 11.5. The molecule has 0 radical (unpaired) electrons. The fourth-order valence-electron chi connectivity index (χ4n) is 3.20. The van der Waals surface area contributed by atoms with Gasteiger partial charge in [-0.2, -0.15) is 0 Å². The molecule has 0 aliphatic carbocycles. The Bertz CT molecular complexity index is 1030. The first-order valence-corrected chi connectivity index (χ1v) is 10.5. The molecule has 0 aliphatic heterocycles. The SMILES string of the molecule is CCN(CC)C(=O)Oc1ccc2c(ccn2Cc2ccccc2)c1NC(=O)C(Cl)Cl. The summed E-state index contributed by atoms with van der Waals surface area (Å²) in [6, 6.07) is 15.4. The fraction of sp³-hybridized carbons (Fsp3) is 0.273. The molecule has 0 aliphatic rings. The molecule has 0 atom stereocenters. The van der Waals surface area contributed by atoms with E-state index in [0.29, 0.717) is 25.3 Å². The van der Waals surface area contributed by atoms with E-state index in [1.54, 1.807) is 11.0 Å². The van der Waals surface area contributed by atoms with E-state index in [0.717, 1.165) is 16.5 Å². The van der Waals surface area contributed by atoms with E-state index >= 15 is 0 Å². The molecule has 2 aromatic carbocycles. The molecule has 2 amide bonds. The topological polar surface area (TPSA) is 63.6 Å². The van der Waals surface area contributed by atoms with Gasteiger partial charge in [0.25, 0.3) is 5.91 Å². The summed E-state index contributed by atoms with van der Waals surface area (Å²) < 4.78 is 7.63. The lowest BCUT2D eigenvalue weighted by Gasteiger charge is -2.20. The molecule has 0 fully saturated rings. The zero-order chi connectivity index (χ0) is 21.7. The first-order valence-electron chi connectivity index (χ1n) is 9.66. The number of rotatable bonds is 7. The average molecular weight is 448 g/mol. The lowest BCUT2D eigenvalue weighted by Crippen LogP contribution is -2.33. The Labute approximate surface area is 185 Å². The van der Waals surface area contributed by atoms with Gasteiger partial charge in [0.05, 0.1) is 11.2 Å². The van der Waals surface area contributed by atoms with Gasteiger partial charge in [0.2, 0.25) is 0 Å². The predicted octanol–water partition coefficient (Wildman–Crippen LogP) is 5.27. The minimum atomic E-state index is -1.25. The highest BCUT2D eigenvalue weighted by atomic mass is 35.5. The minimum Gasteiger partial charge on any atom is -0.408 e. The monoisotopic (exact) mass is 447 g/mol. The van der Waals surface area contributed by atoms with Gasteiger partial charge in [-0.1, -0.05) is 53.5 Å². The quantitative estimate of drug-likeness (QED) is 0.501. The molecule has 0 spiro atoms. The van der Waals surface area contributed by atoms with Gasteiger partial charge in [-0.25, -0.2) is 4.79 Å². The molecule has 30 heavy (non-hydrogen) atoms. The zero-order valence-electron chi connectivity index (χ0n) is 16.8. The van der Waals surface area contributed by atoms with Crippen LogP contribution in [0.2, 0.25) is 0 Å². The van der Waals surface area contributed by atoms with Gasteiger partial charge in [0.1, 0.15) is 0 Å². The number of carbonyl (C=O) groups is 2. The summed E-state index contributed by atoms with van der Waals surface area (Å²) in [6.45, 7) is 5.41. The van der Waals surface area contributed by atoms with Gasteiger partial charge in [-0.3, -0.25) is 4.79 Å². The number of halogens is 2. The van der Waals surface area contributed by atoms with Crippen LogP contribution in [0.3, 0.4) is 0 Å². The molecule has 1 aromatic heterocycles. The van der Waals surface area contributed by atoms with Crippen LogP contribution >= 0.6 is 23.2 Å². The van der Waals surface area contributed by atoms with Crippen LogP contribution in [0.1, 0.15) is 19.4 Å². The van der Waals surface area contributed by atoms with Crippen LogP contribution in [0.25, 0.3) is 10.9 Å². The van der Waals surface area contributed by atoms with Crippen molar-refractivity contribution in [1.82, 2.24) is 9.47 Å². The van der Waals surface area contributed by atoms with Gasteiger partial charge in [0, 0.05) is 31.2 Å². The number of aromatic nitrogens is 1. The number of alkyl halides is 2. The number of amides is 2. The van der Waals surface area contributed by atoms with E-state index in [9.17, 15) is 9.59 Å². The molecular weight excluding hydrogens is 425 g/mol. The van der Waals surface area contributed by atoms with Crippen molar-refractivity contribution in [2.45, 2.75) is 25.2 Å². The Balaban J connectivity index is 2.01. The van der Waals surface area contributed by atoms with Crippen LogP contribution in [0.4, 0.5) is 10.5 Å². The molecule has 158 valence electrons. The Morgan fingerprint density at radius 3 is 2.40 bits per heavy atom. The number of anilines is 1. The highest BCUT2D eigenvalue weighted by molar-refractivity contribution is 6.54. The Kier molecular flexibility index (Phi) is 7.24. The third-order valence-electron chi connectivity index (χ3n) is 4.78. The number of ether oxygens (including phenoxy) is 1. The predicted molar refractivity (Wildman–Crippen MR) is 121 cm³/mol. The maximum Gasteiger partial charge on any atom is 0.415 e. The molecule has 3 rings (SSSR count). The van der Waals surface area contributed by atoms with Crippen LogP contribution in [-0.4, -0.2) is 39.4 Å². The van der Waals surface area contributed by atoms with E-state index < -0.39 is 16.8 Å². The second kappa shape index (κ2) is 9.87. The summed E-state index contributed by atoms with van der Waals surface area (Å²) in [5.74, 6) is -0.360. The Morgan fingerprint density at radius 2 is 1.77 bits per heavy atom. The number of hydrogen-bond donors (Lipinski definition) is 1. The number of benzene rings is 2. The summed E-state index contributed by atoms with van der Waals surface area (Å²) in [6.07, 6.45) is 1.43. The maximum absolute atomic E-state index is 12.5. The molecule has 0 unspecified atom stereocenters. The van der Waals surface area contributed by atoms with Crippen LogP contribution in [0.15, 0.2) is 54.7 Å². The lowest BCUT2D eigenvalue weighted by molar-refractivity contribution is -0.114. The van der Waals surface area contributed by atoms with Gasteiger partial charge < -0.3 is 19.5 Å². The maximum atomic E-state index is 12.5. The summed E-state index contributed by atoms with van der Waals surface area (Å²) in [4.78, 5) is 25.0. The Morgan fingerprint density at radius 1 is 1.07 bits per heavy atom. The molecular formula is C22H23Cl2N3O3. The van der Waals surface area contributed by atoms with Gasteiger partial charge in [-0.15, -0.1) is 0 Å². The van der Waals surface area contributed by atoms with Crippen molar-refractivity contribution < 1.29 is 14.3 Å². The number of nitrogens with zero attached hydrogens (tertiary/aromatic N) is 2. The highest BCUT2D eigenvalue weighted by Crippen LogP contribution is 2.35. The van der Waals surface area contributed by atoms with E-state index in [-0.39, 0.29) is 5.75 Å². The van der Waals surface area contributed by atoms with E-state index in [2.05, 4.69) is 9.88 Å². The summed E-state index contributed by atoms with van der Waals surface area (Å²) in [5, 5.41) is 3.42. The number of carbonyl (C=O) groups excluding carboxylic acids is 2. The van der Waals surface area contributed by atoms with Crippen LogP contribution in [0.5, 0.6) is 5.75 Å². The van der Waals surface area contributed by atoms with Gasteiger partial charge in [-0.05, 0) is 37.6 Å². The third kappa shape index (κ3) is 4.89. The minimum absolute atomic E-state index is 0.235. The number of nitrogens with one attached hydrogen (secondary N) is 1. The molecule has 3 aromatic rings. The molecule has 6 nitrogen and oxygen atoms in total. The molecule has 0 bridgehead atoms. The molecule has 8 heteroatoms. The molecule has 1 heterocycles. The van der Waals surface area contributed by atoms with Crippen LogP contribution in [0, 0.1) is 0 Å². The molecule has 1 N–H and O–H groups in total. The van der Waals surface area contributed by atoms with Crippen molar-refractivity contribution in [3.05, 3.63) is 60.3 Å². The molecule has 0 saturated heterocycles. The second-order valence-electron chi connectivity index (χ2n) is 6.63. The lowest BCUT2D eigenvalue weighted by atomic mass is 10.2. The first kappa shape index (κ1) is 22.0. The zero-order valence-corrected chi connectivity index (χ0v) is 18.3. The van der Waals surface area contributed by atoms with Gasteiger partial charge in [0.15, 0.2) is 10.6 Å². The van der Waals surface area contributed by atoms with Crippen LogP contribution < -0.4 is 10.1 Å². The largest absolute Gasteiger partial charge is 0.415 e. The van der Waals surface area contributed by atoms with Crippen molar-refractivity contribution in [2.75, 3.05) is 18.4 Å². The number of hydrogen-bond acceptors (Lipinski definition) is 3. The number of fused-ring (bicyclic) bond motifs is 1.